The maximum Gasteiger partial charge on any atom is 0.216 e. The minimum absolute atomic E-state index is 0. The molecule has 1 radical (unpaired) electrons. The van der Waals surface area contributed by atoms with Gasteiger partial charge in [0.2, 0.25) is 5.71 Å². The second-order valence-corrected chi connectivity index (χ2v) is 17.6. The van der Waals surface area contributed by atoms with Crippen LogP contribution in [-0.4, -0.2) is 27.6 Å². The van der Waals surface area contributed by atoms with Gasteiger partial charge in [0.05, 0.1) is 30.5 Å². The smallest absolute Gasteiger partial charge is 0.216 e. The topological polar surface area (TPSA) is 56.7 Å². The van der Waals surface area contributed by atoms with Crippen LogP contribution in [0.15, 0.2) is 114 Å². The van der Waals surface area contributed by atoms with Crippen LogP contribution in [-0.2, 0) is 20.1 Å². The van der Waals surface area contributed by atoms with Gasteiger partial charge in [-0.25, -0.2) is 4.98 Å². The van der Waals surface area contributed by atoms with Crippen LogP contribution >= 0.6 is 0 Å². The van der Waals surface area contributed by atoms with Gasteiger partial charge in [-0.1, -0.05) is 73.1 Å². The third kappa shape index (κ3) is 5.82. The number of benzene rings is 4. The van der Waals surface area contributed by atoms with Crippen molar-refractivity contribution in [3.8, 4) is 22.6 Å². The van der Waals surface area contributed by atoms with E-state index in [1.54, 1.807) is 6.20 Å². The summed E-state index contributed by atoms with van der Waals surface area (Å²) in [4.78, 5) is 14.0. The molecule has 8 rings (SSSR count). The summed E-state index contributed by atoms with van der Waals surface area (Å²) in [6, 6.07) is 39.7. The second kappa shape index (κ2) is 12.8. The maximum absolute atomic E-state index is 6.16. The van der Waals surface area contributed by atoms with Crippen LogP contribution in [0.5, 0.6) is 0 Å². The van der Waals surface area contributed by atoms with Crippen molar-refractivity contribution in [1.29, 1.82) is 0 Å². The standard InChI is InChI=1S/C25H18N3O.C14H16NSi.Ir/c1-15(2)28-21-13-12-16-7-3-4-8-17(16)22(21)27-24(28)20-10-5-9-18-19-11-6-14-26-25(19)29-23(18)20;1-16(2,3)13-9-10-14(15-11-13)12-7-5-4-6-8-12;/h3-9,11-15H,1-2H3;4-7,9-11H,1-3H3;/q2*-1;. The third-order valence-electron chi connectivity index (χ3n) is 8.15. The van der Waals surface area contributed by atoms with Gasteiger partial charge >= 0.3 is 0 Å². The fourth-order valence-electron chi connectivity index (χ4n) is 5.82. The normalized spacial score (nSPS) is 11.6. The molecule has 0 aliphatic carbocycles. The van der Waals surface area contributed by atoms with Crippen molar-refractivity contribution < 1.29 is 24.5 Å². The van der Waals surface area contributed by atoms with E-state index >= 15 is 0 Å². The van der Waals surface area contributed by atoms with Gasteiger partial charge in [-0.3, -0.25) is 4.98 Å². The SMILES string of the molecule is CC(C)n1c(-c2[c-]ccc3c2oc2ncccc23)nc2c3ccccc3ccc21.C[Si](C)(C)c1ccc(-c2[c-]cccc2)nc1.[Ir]. The van der Waals surface area contributed by atoms with Gasteiger partial charge in [0.1, 0.15) is 0 Å². The number of pyridine rings is 2. The zero-order valence-corrected chi connectivity index (χ0v) is 29.9. The van der Waals surface area contributed by atoms with Gasteiger partial charge in [-0.15, -0.1) is 54.1 Å². The summed E-state index contributed by atoms with van der Waals surface area (Å²) in [6.07, 6.45) is 3.77. The number of nitrogens with zero attached hydrogens (tertiary/aromatic N) is 4. The molecule has 0 amide bonds. The van der Waals surface area contributed by atoms with Crippen LogP contribution in [0.1, 0.15) is 19.9 Å². The van der Waals surface area contributed by atoms with Gasteiger partial charge < -0.3 is 14.0 Å². The average Bonchev–Trinajstić information content (AvgIpc) is 3.65. The monoisotopic (exact) mass is 795 g/mol. The van der Waals surface area contributed by atoms with Crippen molar-refractivity contribution in [2.24, 2.45) is 0 Å². The first-order chi connectivity index (χ1) is 21.8. The molecule has 4 heterocycles. The number of hydrogen-bond acceptors (Lipinski definition) is 4. The molecule has 4 aromatic heterocycles. The minimum Gasteiger partial charge on any atom is -0.486 e. The Hall–Kier alpha value is -4.42. The summed E-state index contributed by atoms with van der Waals surface area (Å²) < 4.78 is 8.43. The summed E-state index contributed by atoms with van der Waals surface area (Å²) in [5, 5.41) is 5.79. The van der Waals surface area contributed by atoms with Crippen LogP contribution < -0.4 is 5.19 Å². The molecule has 231 valence electrons. The van der Waals surface area contributed by atoms with E-state index < -0.39 is 8.07 Å². The number of hydrogen-bond donors (Lipinski definition) is 0. The zero-order valence-electron chi connectivity index (χ0n) is 26.5. The Labute approximate surface area is 283 Å². The minimum atomic E-state index is -1.23. The number of imidazole rings is 1. The molecular formula is C39H34IrN4OSi-2. The predicted molar refractivity (Wildman–Crippen MR) is 188 cm³/mol. The number of aromatic nitrogens is 4. The van der Waals surface area contributed by atoms with Crippen LogP contribution in [0.25, 0.3) is 66.5 Å². The first-order valence-corrected chi connectivity index (χ1v) is 18.8. The Morgan fingerprint density at radius 2 is 1.57 bits per heavy atom. The Kier molecular flexibility index (Phi) is 8.75. The summed E-state index contributed by atoms with van der Waals surface area (Å²) in [6.45, 7) is 11.4. The quantitative estimate of drug-likeness (QED) is 0.132. The van der Waals surface area contributed by atoms with Gasteiger partial charge in [0, 0.05) is 49.3 Å². The van der Waals surface area contributed by atoms with E-state index in [1.807, 2.05) is 54.7 Å². The molecule has 0 unspecified atom stereocenters. The van der Waals surface area contributed by atoms with E-state index in [1.165, 1.54) is 10.6 Å². The number of furan rings is 1. The summed E-state index contributed by atoms with van der Waals surface area (Å²) in [7, 11) is -1.23. The van der Waals surface area contributed by atoms with E-state index in [-0.39, 0.29) is 26.1 Å². The Morgan fingerprint density at radius 3 is 2.30 bits per heavy atom. The molecule has 0 aliphatic rings. The van der Waals surface area contributed by atoms with E-state index in [2.05, 4.69) is 109 Å². The summed E-state index contributed by atoms with van der Waals surface area (Å²) >= 11 is 0. The summed E-state index contributed by atoms with van der Waals surface area (Å²) in [5.41, 5.74) is 6.48. The molecule has 46 heavy (non-hydrogen) atoms. The van der Waals surface area contributed by atoms with Crippen molar-refractivity contribution in [2.45, 2.75) is 39.5 Å². The molecule has 0 aliphatic heterocycles. The fraction of sp³-hybridized carbons (Fsp3) is 0.154. The number of fused-ring (bicyclic) bond motifs is 6. The summed E-state index contributed by atoms with van der Waals surface area (Å²) in [5.74, 6) is 0.871. The molecule has 0 spiro atoms. The van der Waals surface area contributed by atoms with Gasteiger partial charge in [-0.2, -0.15) is 0 Å². The van der Waals surface area contributed by atoms with E-state index in [0.717, 1.165) is 55.4 Å². The van der Waals surface area contributed by atoms with Gasteiger partial charge in [-0.05, 0) is 48.3 Å². The molecule has 5 nitrogen and oxygen atoms in total. The molecule has 0 saturated carbocycles. The van der Waals surface area contributed by atoms with Crippen LogP contribution in [0.2, 0.25) is 19.6 Å². The van der Waals surface area contributed by atoms with Crippen molar-refractivity contribution in [2.75, 3.05) is 0 Å². The van der Waals surface area contributed by atoms with Crippen molar-refractivity contribution in [1.82, 2.24) is 19.5 Å². The molecule has 4 aromatic carbocycles. The van der Waals surface area contributed by atoms with Crippen LogP contribution in [0.3, 0.4) is 0 Å². The van der Waals surface area contributed by atoms with Crippen molar-refractivity contribution in [3.05, 3.63) is 122 Å². The molecule has 0 bridgehead atoms. The molecule has 0 fully saturated rings. The molecule has 8 aromatic rings. The van der Waals surface area contributed by atoms with E-state index in [9.17, 15) is 0 Å². The molecule has 0 atom stereocenters. The Morgan fingerprint density at radius 1 is 0.761 bits per heavy atom. The average molecular weight is 795 g/mol. The molecular weight excluding hydrogens is 761 g/mol. The van der Waals surface area contributed by atoms with Gasteiger partial charge in [0.25, 0.3) is 0 Å². The first kappa shape index (κ1) is 31.6. The zero-order chi connectivity index (χ0) is 31.1. The van der Waals surface area contributed by atoms with E-state index in [4.69, 9.17) is 9.40 Å². The molecule has 7 heteroatoms. The van der Waals surface area contributed by atoms with Crippen molar-refractivity contribution in [3.63, 3.8) is 0 Å². The van der Waals surface area contributed by atoms with Gasteiger partial charge in [0.15, 0.2) is 0 Å². The van der Waals surface area contributed by atoms with Crippen molar-refractivity contribution >= 4 is 57.1 Å². The Balaban J connectivity index is 0.000000187. The fourth-order valence-corrected chi connectivity index (χ4v) is 6.86. The molecule has 0 saturated heterocycles. The number of rotatable bonds is 4. The van der Waals surface area contributed by atoms with Crippen LogP contribution in [0.4, 0.5) is 0 Å². The van der Waals surface area contributed by atoms with E-state index in [0.29, 0.717) is 5.71 Å². The third-order valence-corrected chi connectivity index (χ3v) is 10.2. The first-order valence-electron chi connectivity index (χ1n) is 15.3. The largest absolute Gasteiger partial charge is 0.486 e. The second-order valence-electron chi connectivity index (χ2n) is 12.6. The predicted octanol–water partition coefficient (Wildman–Crippen LogP) is 9.62. The maximum atomic E-state index is 6.16. The Bertz CT molecular complexity index is 2280. The van der Waals surface area contributed by atoms with Crippen LogP contribution in [0, 0.1) is 12.1 Å². The molecule has 0 N–H and O–H groups in total.